The summed E-state index contributed by atoms with van der Waals surface area (Å²) in [6, 6.07) is 0. The van der Waals surface area contributed by atoms with Crippen molar-refractivity contribution in [3.05, 3.63) is 11.6 Å². The second-order valence-corrected chi connectivity index (χ2v) is 3.37. The fourth-order valence-electron chi connectivity index (χ4n) is 1.05. The number of hydrogen-bond acceptors (Lipinski definition) is 3. The van der Waals surface area contributed by atoms with E-state index in [-0.39, 0.29) is 11.2 Å². The van der Waals surface area contributed by atoms with E-state index in [1.165, 1.54) is 0 Å². The zero-order valence-electron chi connectivity index (χ0n) is 6.66. The van der Waals surface area contributed by atoms with Crippen LogP contribution in [-0.4, -0.2) is 26.3 Å². The first-order valence-corrected chi connectivity index (χ1v) is 3.78. The predicted octanol–water partition coefficient (Wildman–Crippen LogP) is 0.554. The smallest absolute Gasteiger partial charge is 0.375 e. The maximum atomic E-state index is 10.4. The molecule has 1 aliphatic carbocycles. The molecule has 0 spiro atoms. The van der Waals surface area contributed by atoms with Crippen LogP contribution in [0.4, 0.5) is 0 Å². The van der Waals surface area contributed by atoms with Crippen molar-refractivity contribution >= 4 is 5.97 Å². The van der Waals surface area contributed by atoms with E-state index in [1.54, 1.807) is 0 Å². The van der Waals surface area contributed by atoms with E-state index >= 15 is 0 Å². The molecule has 0 aromatic carbocycles. The lowest BCUT2D eigenvalue weighted by Crippen LogP contribution is -2.03. The topological polar surface area (TPSA) is 78.9 Å². The molecule has 0 unspecified atom stereocenters. The minimum Gasteiger partial charge on any atom is -0.475 e. The average molecular weight is 167 g/mol. The number of rotatable bonds is 2. The Labute approximate surface area is 68.8 Å². The molecule has 1 aromatic heterocycles. The summed E-state index contributed by atoms with van der Waals surface area (Å²) in [6.07, 6.45) is 2.11. The molecule has 0 bridgehead atoms. The van der Waals surface area contributed by atoms with Crippen molar-refractivity contribution in [2.45, 2.75) is 25.2 Å². The molecule has 2 N–H and O–H groups in total. The van der Waals surface area contributed by atoms with Crippen molar-refractivity contribution in [2.75, 3.05) is 0 Å². The number of hydrogen-bond donors (Lipinski definition) is 2. The first-order chi connectivity index (χ1) is 5.62. The number of aromatic amines is 1. The second-order valence-electron chi connectivity index (χ2n) is 3.37. The van der Waals surface area contributed by atoms with Gasteiger partial charge in [-0.2, -0.15) is 0 Å². The highest BCUT2D eigenvalue weighted by atomic mass is 16.4. The molecule has 5 heteroatoms. The molecule has 1 aromatic rings. The number of nitrogens with zero attached hydrogens (tertiary/aromatic N) is 2. The number of carboxylic acid groups (broad SMARTS) is 1. The quantitative estimate of drug-likeness (QED) is 0.674. The highest BCUT2D eigenvalue weighted by molar-refractivity contribution is 5.82. The SMILES string of the molecule is CC1(c2nc(C(=O)O)n[nH]2)CC1. The molecule has 1 saturated carbocycles. The Morgan fingerprint density at radius 1 is 1.67 bits per heavy atom. The molecule has 0 saturated heterocycles. The minimum atomic E-state index is -1.08. The fourth-order valence-corrected chi connectivity index (χ4v) is 1.05. The molecule has 0 radical (unpaired) electrons. The highest BCUT2D eigenvalue weighted by Crippen LogP contribution is 2.45. The molecule has 64 valence electrons. The summed E-state index contributed by atoms with van der Waals surface area (Å²) >= 11 is 0. The van der Waals surface area contributed by atoms with Crippen LogP contribution in [0.2, 0.25) is 0 Å². The Kier molecular flexibility index (Phi) is 1.25. The molecule has 0 amide bonds. The van der Waals surface area contributed by atoms with Gasteiger partial charge in [0.2, 0.25) is 0 Å². The molecule has 1 aliphatic rings. The van der Waals surface area contributed by atoms with Gasteiger partial charge in [-0.15, -0.1) is 5.10 Å². The van der Waals surface area contributed by atoms with Crippen molar-refractivity contribution in [3.8, 4) is 0 Å². The minimum absolute atomic E-state index is 0.0562. The Balaban J connectivity index is 2.30. The lowest BCUT2D eigenvalue weighted by molar-refractivity contribution is 0.0684. The van der Waals surface area contributed by atoms with Crippen LogP contribution in [0.15, 0.2) is 0 Å². The lowest BCUT2D eigenvalue weighted by atomic mass is 10.1. The summed E-state index contributed by atoms with van der Waals surface area (Å²) in [4.78, 5) is 14.3. The summed E-state index contributed by atoms with van der Waals surface area (Å²) in [5.41, 5.74) is 0.0562. The molecule has 5 nitrogen and oxygen atoms in total. The second kappa shape index (κ2) is 2.06. The average Bonchev–Trinajstić information content (AvgIpc) is 2.61. The van der Waals surface area contributed by atoms with Gasteiger partial charge in [-0.3, -0.25) is 5.10 Å². The van der Waals surface area contributed by atoms with Gasteiger partial charge in [0, 0.05) is 5.41 Å². The summed E-state index contributed by atoms with van der Waals surface area (Å²) < 4.78 is 0. The number of carboxylic acids is 1. The van der Waals surface area contributed by atoms with E-state index in [2.05, 4.69) is 15.2 Å². The summed E-state index contributed by atoms with van der Waals surface area (Å²) in [5, 5.41) is 14.8. The van der Waals surface area contributed by atoms with Gasteiger partial charge in [0.25, 0.3) is 5.82 Å². The van der Waals surface area contributed by atoms with Gasteiger partial charge >= 0.3 is 5.97 Å². The Morgan fingerprint density at radius 2 is 2.33 bits per heavy atom. The van der Waals surface area contributed by atoms with Crippen LogP contribution in [0.25, 0.3) is 0 Å². The fraction of sp³-hybridized carbons (Fsp3) is 0.571. The van der Waals surface area contributed by atoms with E-state index < -0.39 is 5.97 Å². The third-order valence-corrected chi connectivity index (χ3v) is 2.25. The molecular weight excluding hydrogens is 158 g/mol. The van der Waals surface area contributed by atoms with E-state index in [4.69, 9.17) is 5.11 Å². The van der Waals surface area contributed by atoms with Crippen molar-refractivity contribution in [2.24, 2.45) is 0 Å². The van der Waals surface area contributed by atoms with Gasteiger partial charge in [0.15, 0.2) is 0 Å². The lowest BCUT2D eigenvalue weighted by Gasteiger charge is -1.99. The Bertz CT molecular complexity index is 327. The van der Waals surface area contributed by atoms with Crippen LogP contribution in [0.3, 0.4) is 0 Å². The van der Waals surface area contributed by atoms with E-state index in [9.17, 15) is 4.79 Å². The van der Waals surface area contributed by atoms with Crippen LogP contribution in [0.5, 0.6) is 0 Å². The zero-order valence-corrected chi connectivity index (χ0v) is 6.66. The number of H-pyrrole nitrogens is 1. The van der Waals surface area contributed by atoms with Gasteiger partial charge in [0.05, 0.1) is 0 Å². The first-order valence-electron chi connectivity index (χ1n) is 3.78. The van der Waals surface area contributed by atoms with Gasteiger partial charge in [-0.25, -0.2) is 9.78 Å². The standard InChI is InChI=1S/C7H9N3O2/c1-7(2-3-7)6-8-4(5(11)12)9-10-6/h2-3H2,1H3,(H,11,12)(H,8,9,10). The number of carbonyl (C=O) groups is 1. The molecule has 0 atom stereocenters. The number of aromatic nitrogens is 3. The third-order valence-electron chi connectivity index (χ3n) is 2.25. The van der Waals surface area contributed by atoms with Crippen LogP contribution >= 0.6 is 0 Å². The Hall–Kier alpha value is -1.39. The van der Waals surface area contributed by atoms with E-state index in [1.807, 2.05) is 6.92 Å². The molecule has 1 heterocycles. The largest absolute Gasteiger partial charge is 0.475 e. The molecule has 1 fully saturated rings. The molecule has 0 aliphatic heterocycles. The van der Waals surface area contributed by atoms with Crippen molar-refractivity contribution in [1.29, 1.82) is 0 Å². The summed E-state index contributed by atoms with van der Waals surface area (Å²) in [6.45, 7) is 2.04. The van der Waals surface area contributed by atoms with E-state index in [0.717, 1.165) is 12.8 Å². The predicted molar refractivity (Wildman–Crippen MR) is 39.9 cm³/mol. The van der Waals surface area contributed by atoms with Gasteiger partial charge < -0.3 is 5.11 Å². The summed E-state index contributed by atoms with van der Waals surface area (Å²) in [7, 11) is 0. The van der Waals surface area contributed by atoms with Crippen LogP contribution < -0.4 is 0 Å². The third kappa shape index (κ3) is 0.975. The molecule has 12 heavy (non-hydrogen) atoms. The van der Waals surface area contributed by atoms with Gasteiger partial charge in [-0.05, 0) is 12.8 Å². The highest BCUT2D eigenvalue weighted by Gasteiger charge is 2.42. The number of nitrogens with one attached hydrogen (secondary N) is 1. The normalized spacial score (nSPS) is 19.1. The maximum absolute atomic E-state index is 10.4. The van der Waals surface area contributed by atoms with Gasteiger partial charge in [-0.1, -0.05) is 6.92 Å². The Morgan fingerprint density at radius 3 is 2.75 bits per heavy atom. The number of aromatic carboxylic acids is 1. The van der Waals surface area contributed by atoms with Crippen molar-refractivity contribution in [3.63, 3.8) is 0 Å². The van der Waals surface area contributed by atoms with Crippen LogP contribution in [-0.2, 0) is 5.41 Å². The van der Waals surface area contributed by atoms with Crippen LogP contribution in [0.1, 0.15) is 36.2 Å². The molecular formula is C7H9N3O2. The summed E-state index contributed by atoms with van der Waals surface area (Å²) in [5.74, 6) is -0.528. The van der Waals surface area contributed by atoms with Crippen LogP contribution in [0, 0.1) is 0 Å². The van der Waals surface area contributed by atoms with E-state index in [0.29, 0.717) is 5.82 Å². The van der Waals surface area contributed by atoms with Crippen molar-refractivity contribution < 1.29 is 9.90 Å². The van der Waals surface area contributed by atoms with Crippen molar-refractivity contribution in [1.82, 2.24) is 15.2 Å². The van der Waals surface area contributed by atoms with Gasteiger partial charge in [0.1, 0.15) is 5.82 Å². The zero-order chi connectivity index (χ0) is 8.77. The maximum Gasteiger partial charge on any atom is 0.375 e. The first kappa shape index (κ1) is 7.27. The monoisotopic (exact) mass is 167 g/mol. The molecule has 2 rings (SSSR count).